The second-order valence-electron chi connectivity index (χ2n) is 5.17. The van der Waals surface area contributed by atoms with Crippen molar-refractivity contribution in [3.63, 3.8) is 0 Å². The van der Waals surface area contributed by atoms with Crippen LogP contribution in [0, 0.1) is 5.92 Å². The summed E-state index contributed by atoms with van der Waals surface area (Å²) in [4.78, 5) is 0. The van der Waals surface area contributed by atoms with Crippen LogP contribution in [0.3, 0.4) is 0 Å². The molecule has 0 amide bonds. The third-order valence-electron chi connectivity index (χ3n) is 3.67. The molecule has 1 rings (SSSR count). The smallest absolute Gasteiger partial charge is 0.396 e. The summed E-state index contributed by atoms with van der Waals surface area (Å²) in [5.41, 5.74) is 0. The van der Waals surface area contributed by atoms with Crippen LogP contribution >= 0.6 is 12.6 Å². The van der Waals surface area contributed by atoms with Gasteiger partial charge in [-0.15, -0.1) is 0 Å². The summed E-state index contributed by atoms with van der Waals surface area (Å²) < 4.78 is 32.7. The molecule has 0 bridgehead atoms. The van der Waals surface area contributed by atoms with Crippen molar-refractivity contribution in [3.05, 3.63) is 0 Å². The van der Waals surface area contributed by atoms with Crippen molar-refractivity contribution >= 4 is 23.0 Å². The summed E-state index contributed by atoms with van der Waals surface area (Å²) >= 11 is 4.27. The van der Waals surface area contributed by atoms with Crippen molar-refractivity contribution in [1.82, 2.24) is 0 Å². The molecule has 0 aromatic rings. The summed E-state index contributed by atoms with van der Waals surface area (Å²) in [5.74, 6) is -0.851. The lowest BCUT2D eigenvalue weighted by Crippen LogP contribution is -2.43. The molecule has 9 nitrogen and oxygen atoms in total. The van der Waals surface area contributed by atoms with E-state index in [1.807, 2.05) is 0 Å². The lowest BCUT2D eigenvalue weighted by atomic mass is 9.88. The molecule has 6 atom stereocenters. The fourth-order valence-corrected chi connectivity index (χ4v) is 3.71. The van der Waals surface area contributed by atoms with E-state index in [2.05, 4.69) is 16.8 Å². The van der Waals surface area contributed by atoms with Gasteiger partial charge in [-0.3, -0.25) is 4.55 Å². The third-order valence-corrected chi connectivity index (χ3v) is 4.86. The highest BCUT2D eigenvalue weighted by molar-refractivity contribution is 7.81. The monoisotopic (exact) mass is 348 g/mol. The lowest BCUT2D eigenvalue weighted by molar-refractivity contribution is -0.0187. The van der Waals surface area contributed by atoms with E-state index in [4.69, 9.17) is 9.66 Å². The molecule has 0 aliphatic heterocycles. The molecule has 0 aromatic heterocycles. The van der Waals surface area contributed by atoms with Crippen molar-refractivity contribution in [1.29, 1.82) is 0 Å². The first-order chi connectivity index (χ1) is 9.54. The molecule has 0 spiro atoms. The predicted octanol–water partition coefficient (Wildman–Crippen LogP) is -2.68. The van der Waals surface area contributed by atoms with Gasteiger partial charge in [0.05, 0.1) is 24.9 Å². The topological polar surface area (TPSA) is 165 Å². The summed E-state index contributed by atoms with van der Waals surface area (Å²) in [6.45, 7) is -1.39. The Morgan fingerprint density at radius 2 is 1.90 bits per heavy atom. The molecule has 6 N–H and O–H groups in total. The molecule has 1 saturated carbocycles. The van der Waals surface area contributed by atoms with Crippen LogP contribution in [-0.4, -0.2) is 80.9 Å². The first-order valence-electron chi connectivity index (χ1n) is 6.18. The van der Waals surface area contributed by atoms with E-state index in [9.17, 15) is 28.8 Å². The zero-order valence-electron chi connectivity index (χ0n) is 11.0. The van der Waals surface area contributed by atoms with Gasteiger partial charge >= 0.3 is 10.4 Å². The quantitative estimate of drug-likeness (QED) is 0.192. The van der Waals surface area contributed by atoms with Crippen LogP contribution in [0.2, 0.25) is 0 Å². The molecule has 126 valence electrons. The highest BCUT2D eigenvalue weighted by Gasteiger charge is 2.51. The number of thiol groups is 1. The molecule has 11 heteroatoms. The van der Waals surface area contributed by atoms with E-state index < -0.39 is 58.7 Å². The second-order valence-corrected chi connectivity index (χ2v) is 7.11. The fraction of sp³-hybridized carbons (Fsp3) is 1.00. The van der Waals surface area contributed by atoms with Crippen LogP contribution in [0.4, 0.5) is 0 Å². The molecule has 21 heavy (non-hydrogen) atoms. The minimum Gasteiger partial charge on any atom is -0.396 e. The van der Waals surface area contributed by atoms with Gasteiger partial charge in [-0.25, -0.2) is 4.18 Å². The Bertz CT molecular complexity index is 442. The number of hydrogen-bond acceptors (Lipinski definition) is 9. The van der Waals surface area contributed by atoms with Crippen molar-refractivity contribution in [2.75, 3.05) is 13.2 Å². The first kappa shape index (κ1) is 19.1. The van der Waals surface area contributed by atoms with Crippen LogP contribution in [0.5, 0.6) is 0 Å². The Hall–Kier alpha value is 0.0200. The Kier molecular flexibility index (Phi) is 6.41. The minimum atomic E-state index is -4.87. The Morgan fingerprint density at radius 3 is 2.33 bits per heavy atom. The van der Waals surface area contributed by atoms with Gasteiger partial charge in [-0.1, -0.05) is 0 Å². The second kappa shape index (κ2) is 7.06. The van der Waals surface area contributed by atoms with E-state index in [1.54, 1.807) is 0 Å². The molecule has 1 aliphatic rings. The molecule has 1 unspecified atom stereocenters. The van der Waals surface area contributed by atoms with Crippen LogP contribution < -0.4 is 0 Å². The van der Waals surface area contributed by atoms with Crippen molar-refractivity contribution < 1.29 is 42.7 Å². The maximum absolute atomic E-state index is 10.6. The highest BCUT2D eigenvalue weighted by Crippen LogP contribution is 2.44. The molecule has 0 heterocycles. The van der Waals surface area contributed by atoms with Crippen LogP contribution in [0.1, 0.15) is 12.8 Å². The predicted molar refractivity (Wildman–Crippen MR) is 73.1 cm³/mol. The number of hydrogen-bond donors (Lipinski definition) is 7. The number of aliphatic hydroxyl groups excluding tert-OH is 5. The van der Waals surface area contributed by atoms with Gasteiger partial charge in [0.2, 0.25) is 0 Å². The molecule has 0 saturated heterocycles. The Labute approximate surface area is 127 Å². The number of rotatable bonds is 7. The molecular weight excluding hydrogens is 328 g/mol. The first-order valence-corrected chi connectivity index (χ1v) is 7.99. The average Bonchev–Trinajstić information content (AvgIpc) is 2.55. The molecule has 1 aliphatic carbocycles. The fourth-order valence-electron chi connectivity index (χ4n) is 2.60. The van der Waals surface area contributed by atoms with Gasteiger partial charge in [-0.05, 0) is 12.8 Å². The van der Waals surface area contributed by atoms with Gasteiger partial charge in [0, 0.05) is 17.3 Å². The zero-order chi connectivity index (χ0) is 16.4. The zero-order valence-corrected chi connectivity index (χ0v) is 12.7. The summed E-state index contributed by atoms with van der Waals surface area (Å²) in [7, 11) is -4.87. The maximum Gasteiger partial charge on any atom is 0.397 e. The Balaban J connectivity index is 2.82. The molecule has 0 aromatic carbocycles. The third kappa shape index (κ3) is 4.74. The van der Waals surface area contributed by atoms with E-state index in [0.29, 0.717) is 0 Å². The van der Waals surface area contributed by atoms with E-state index in [0.717, 1.165) is 0 Å². The largest absolute Gasteiger partial charge is 0.397 e. The standard InChI is InChI=1S/C10H20O9S2/c11-3-5-9(15)7(14)2-10(5,20)1-6(13)8(4-12)19-21(16,17)18/h5-9,11-15,20H,1-4H2,(H,16,17,18)/t5-,6+,7-,8+,9-,10?/m0/s1. The SMILES string of the molecule is O=S(=O)(O)O[C@H](CO)[C@H](O)CC1(S)C[C@H](O)[C@@H](O)[C@@H]1CO. The van der Waals surface area contributed by atoms with Gasteiger partial charge in [-0.2, -0.15) is 21.0 Å². The summed E-state index contributed by atoms with van der Waals surface area (Å²) in [5, 5.41) is 47.6. The van der Waals surface area contributed by atoms with Gasteiger partial charge in [0.1, 0.15) is 6.10 Å². The van der Waals surface area contributed by atoms with Gasteiger partial charge in [0.15, 0.2) is 0 Å². The lowest BCUT2D eigenvalue weighted by Gasteiger charge is -2.33. The number of aliphatic hydroxyl groups is 5. The van der Waals surface area contributed by atoms with E-state index in [-0.39, 0.29) is 12.8 Å². The molecule has 1 fully saturated rings. The normalized spacial score (nSPS) is 36.6. The van der Waals surface area contributed by atoms with Crippen molar-refractivity contribution in [2.24, 2.45) is 5.92 Å². The Morgan fingerprint density at radius 1 is 1.33 bits per heavy atom. The van der Waals surface area contributed by atoms with Crippen LogP contribution in [0.25, 0.3) is 0 Å². The van der Waals surface area contributed by atoms with E-state index >= 15 is 0 Å². The minimum absolute atomic E-state index is 0.0520. The van der Waals surface area contributed by atoms with E-state index in [1.165, 1.54) is 0 Å². The van der Waals surface area contributed by atoms with Crippen LogP contribution in [0.15, 0.2) is 0 Å². The highest BCUT2D eigenvalue weighted by atomic mass is 32.3. The average molecular weight is 348 g/mol. The molecular formula is C10H20O9S2. The van der Waals surface area contributed by atoms with Crippen LogP contribution in [-0.2, 0) is 14.6 Å². The maximum atomic E-state index is 10.6. The van der Waals surface area contributed by atoms with Gasteiger partial charge < -0.3 is 25.5 Å². The van der Waals surface area contributed by atoms with Gasteiger partial charge in [0.25, 0.3) is 0 Å². The summed E-state index contributed by atoms with van der Waals surface area (Å²) in [6.07, 6.45) is -5.91. The summed E-state index contributed by atoms with van der Waals surface area (Å²) in [6, 6.07) is 0. The van der Waals surface area contributed by atoms with Crippen molar-refractivity contribution in [3.8, 4) is 0 Å². The van der Waals surface area contributed by atoms with Crippen molar-refractivity contribution in [2.45, 2.75) is 42.0 Å². The molecule has 0 radical (unpaired) electrons.